The Morgan fingerprint density at radius 3 is 2.52 bits per heavy atom. The van der Waals surface area contributed by atoms with E-state index in [0.717, 1.165) is 53.7 Å². The van der Waals surface area contributed by atoms with E-state index in [0.29, 0.717) is 31.0 Å². The topological polar surface area (TPSA) is 107 Å². The number of amides is 3. The molecule has 0 atom stereocenters. The molecular weight excluding hydrogens is 528 g/mol. The van der Waals surface area contributed by atoms with E-state index in [1.54, 1.807) is 11.1 Å². The van der Waals surface area contributed by atoms with Gasteiger partial charge >= 0.3 is 0 Å². The molecule has 3 heterocycles. The van der Waals surface area contributed by atoms with Crippen LogP contribution in [0, 0.1) is 5.41 Å². The van der Waals surface area contributed by atoms with Crippen molar-refractivity contribution in [2.24, 2.45) is 5.41 Å². The van der Waals surface area contributed by atoms with Gasteiger partial charge in [0.25, 0.3) is 0 Å². The molecule has 3 N–H and O–H groups in total. The van der Waals surface area contributed by atoms with Gasteiger partial charge in [-0.15, -0.1) is 0 Å². The highest BCUT2D eigenvalue weighted by molar-refractivity contribution is 5.96. The van der Waals surface area contributed by atoms with Crippen LogP contribution in [0.3, 0.4) is 0 Å². The van der Waals surface area contributed by atoms with Crippen LogP contribution in [-0.2, 0) is 40.3 Å². The minimum atomic E-state index is -0.522. The third-order valence-corrected chi connectivity index (χ3v) is 8.45. The first-order chi connectivity index (χ1) is 20.2. The summed E-state index contributed by atoms with van der Waals surface area (Å²) in [4.78, 5) is 48.4. The van der Waals surface area contributed by atoms with Gasteiger partial charge in [-0.2, -0.15) is 0 Å². The van der Waals surface area contributed by atoms with Crippen molar-refractivity contribution in [3.05, 3.63) is 88.6 Å². The monoisotopic (exact) mass is 568 g/mol. The third kappa shape index (κ3) is 6.86. The van der Waals surface area contributed by atoms with Crippen LogP contribution in [0.25, 0.3) is 0 Å². The maximum absolute atomic E-state index is 14.0. The van der Waals surface area contributed by atoms with E-state index in [-0.39, 0.29) is 30.7 Å². The number of likely N-dealkylation sites (tertiary alicyclic amines) is 1. The number of hydrogen-bond donors (Lipinski definition) is 3. The third-order valence-electron chi connectivity index (χ3n) is 8.45. The van der Waals surface area contributed by atoms with Crippen molar-refractivity contribution in [1.29, 1.82) is 0 Å². The fraction of sp³-hybridized carbons (Fsp3) is 0.394. The highest BCUT2D eigenvalue weighted by Gasteiger charge is 2.39. The first-order valence-corrected chi connectivity index (χ1v) is 14.6. The number of aromatic nitrogens is 1. The molecule has 2 aromatic carbocycles. The number of pyridine rings is 1. The molecular formula is C33H40N6O3. The van der Waals surface area contributed by atoms with Crippen molar-refractivity contribution < 1.29 is 14.4 Å². The number of hydrogen-bond acceptors (Lipinski definition) is 6. The first kappa shape index (κ1) is 29.4. The molecule has 42 heavy (non-hydrogen) atoms. The zero-order chi connectivity index (χ0) is 29.7. The molecule has 0 saturated carbocycles. The minimum absolute atomic E-state index is 0.00661. The van der Waals surface area contributed by atoms with E-state index < -0.39 is 5.41 Å². The molecule has 9 heteroatoms. The van der Waals surface area contributed by atoms with Gasteiger partial charge in [0.05, 0.1) is 6.42 Å². The Hall–Kier alpha value is -4.08. The molecule has 3 amide bonds. The van der Waals surface area contributed by atoms with Gasteiger partial charge in [-0.3, -0.25) is 14.4 Å². The maximum Gasteiger partial charge on any atom is 0.244 e. The molecule has 0 bridgehead atoms. The molecule has 2 aliphatic rings. The number of fused-ring (bicyclic) bond motifs is 2. The molecule has 220 valence electrons. The van der Waals surface area contributed by atoms with E-state index in [4.69, 9.17) is 0 Å². The molecule has 1 fully saturated rings. The van der Waals surface area contributed by atoms with Crippen molar-refractivity contribution in [2.75, 3.05) is 44.4 Å². The smallest absolute Gasteiger partial charge is 0.244 e. The van der Waals surface area contributed by atoms with E-state index in [1.165, 1.54) is 0 Å². The number of rotatable bonds is 8. The number of piperidine rings is 1. The lowest BCUT2D eigenvalue weighted by Crippen LogP contribution is -2.49. The Balaban J connectivity index is 1.35. The number of nitrogens with zero attached hydrogens (tertiary/aromatic N) is 3. The van der Waals surface area contributed by atoms with Gasteiger partial charge in [0, 0.05) is 36.8 Å². The lowest BCUT2D eigenvalue weighted by atomic mass is 9.79. The van der Waals surface area contributed by atoms with Gasteiger partial charge in [0.1, 0.15) is 12.4 Å². The minimum Gasteiger partial charge on any atom is -0.329 e. The summed E-state index contributed by atoms with van der Waals surface area (Å²) in [5, 5.41) is 9.08. The Morgan fingerprint density at radius 2 is 1.76 bits per heavy atom. The quantitative estimate of drug-likeness (QED) is 0.384. The van der Waals surface area contributed by atoms with Gasteiger partial charge in [-0.05, 0) is 86.0 Å². The number of benzene rings is 2. The van der Waals surface area contributed by atoms with Gasteiger partial charge in [0.15, 0.2) is 0 Å². The highest BCUT2D eigenvalue weighted by Crippen LogP contribution is 2.33. The number of nitrogens with one attached hydrogen (secondary N) is 3. The normalized spacial score (nSPS) is 16.3. The second-order valence-electron chi connectivity index (χ2n) is 11.8. The van der Waals surface area contributed by atoms with Crippen LogP contribution < -0.4 is 16.0 Å². The maximum atomic E-state index is 14.0. The number of carbonyl (C=O) groups excluding carboxylic acids is 3. The summed E-state index contributed by atoms with van der Waals surface area (Å²) in [5.41, 5.74) is 5.02. The Labute approximate surface area is 247 Å². The summed E-state index contributed by atoms with van der Waals surface area (Å²) >= 11 is 0. The summed E-state index contributed by atoms with van der Waals surface area (Å²) in [6.07, 6.45) is 4.00. The second-order valence-corrected chi connectivity index (χ2v) is 11.8. The van der Waals surface area contributed by atoms with Gasteiger partial charge in [-0.1, -0.05) is 43.3 Å². The second kappa shape index (κ2) is 12.8. The summed E-state index contributed by atoms with van der Waals surface area (Å²) in [5.74, 6) is 0.176. The average Bonchev–Trinajstić information content (AvgIpc) is 2.96. The molecule has 5 rings (SSSR count). The molecule has 0 radical (unpaired) electrons. The average molecular weight is 569 g/mol. The van der Waals surface area contributed by atoms with Gasteiger partial charge < -0.3 is 25.8 Å². The van der Waals surface area contributed by atoms with Crippen molar-refractivity contribution in [2.45, 2.75) is 45.7 Å². The molecule has 3 aromatic rings. The highest BCUT2D eigenvalue weighted by atomic mass is 16.2. The molecule has 0 aliphatic carbocycles. The molecule has 2 aliphatic heterocycles. The van der Waals surface area contributed by atoms with Crippen molar-refractivity contribution in [3.8, 4) is 0 Å². The number of carbonyl (C=O) groups is 3. The van der Waals surface area contributed by atoms with Crippen LogP contribution in [-0.4, -0.2) is 66.2 Å². The SMILES string of the molecule is CNCc1ccccc1CN(CC(=O)Nc1ccc2c(c1)CC(=O)Nc1ncccc1C2)C(=O)C1(C)CCN(C)CC1. The van der Waals surface area contributed by atoms with Gasteiger partial charge in [-0.25, -0.2) is 4.98 Å². The van der Waals surface area contributed by atoms with Crippen LogP contribution in [0.1, 0.15) is 47.6 Å². The zero-order valence-electron chi connectivity index (χ0n) is 24.7. The number of anilines is 2. The summed E-state index contributed by atoms with van der Waals surface area (Å²) in [7, 11) is 3.97. The predicted octanol–water partition coefficient (Wildman–Crippen LogP) is 3.59. The van der Waals surface area contributed by atoms with Crippen LogP contribution in [0.5, 0.6) is 0 Å². The fourth-order valence-electron chi connectivity index (χ4n) is 5.85. The molecule has 1 saturated heterocycles. The summed E-state index contributed by atoms with van der Waals surface area (Å²) in [6.45, 7) is 4.70. The molecule has 0 spiro atoms. The molecule has 9 nitrogen and oxygen atoms in total. The summed E-state index contributed by atoms with van der Waals surface area (Å²) < 4.78 is 0. The van der Waals surface area contributed by atoms with Crippen molar-refractivity contribution >= 4 is 29.2 Å². The fourth-order valence-corrected chi connectivity index (χ4v) is 5.85. The standard InChI is InChI=1S/C33H40N6O3/c1-33(12-15-38(3)16-13-33)32(42)39(21-26-8-5-4-7-25(26)20-34-2)22-30(41)36-28-11-10-23-17-24-9-6-14-35-31(24)37-29(40)19-27(23)18-28/h4-11,14,18,34H,12-13,15-17,19-22H2,1-3H3,(H,36,41)(H,35,37,40). The van der Waals surface area contributed by atoms with Crippen LogP contribution >= 0.6 is 0 Å². The Kier molecular flexibility index (Phi) is 8.99. The first-order valence-electron chi connectivity index (χ1n) is 14.6. The largest absolute Gasteiger partial charge is 0.329 e. The van der Waals surface area contributed by atoms with Crippen molar-refractivity contribution in [1.82, 2.24) is 20.1 Å². The Bertz CT molecular complexity index is 1460. The predicted molar refractivity (Wildman–Crippen MR) is 164 cm³/mol. The lowest BCUT2D eigenvalue weighted by Gasteiger charge is -2.40. The van der Waals surface area contributed by atoms with Crippen LogP contribution in [0.15, 0.2) is 60.8 Å². The Morgan fingerprint density at radius 1 is 1.00 bits per heavy atom. The molecule has 1 aromatic heterocycles. The lowest BCUT2D eigenvalue weighted by molar-refractivity contribution is -0.146. The van der Waals surface area contributed by atoms with E-state index >= 15 is 0 Å². The van der Waals surface area contributed by atoms with E-state index in [1.807, 2.05) is 68.6 Å². The van der Waals surface area contributed by atoms with Crippen molar-refractivity contribution in [3.63, 3.8) is 0 Å². The van der Waals surface area contributed by atoms with Gasteiger partial charge in [0.2, 0.25) is 17.7 Å². The van der Waals surface area contributed by atoms with Crippen LogP contribution in [0.2, 0.25) is 0 Å². The summed E-state index contributed by atoms with van der Waals surface area (Å²) in [6, 6.07) is 17.5. The van der Waals surface area contributed by atoms with Crippen LogP contribution in [0.4, 0.5) is 11.5 Å². The van der Waals surface area contributed by atoms with E-state index in [9.17, 15) is 14.4 Å². The molecule has 0 unspecified atom stereocenters. The van der Waals surface area contributed by atoms with E-state index in [2.05, 4.69) is 32.9 Å². The zero-order valence-corrected chi connectivity index (χ0v) is 24.7.